The molecule has 2 unspecified atom stereocenters. The SMILES string of the molecule is CC(C)(C)C(CCCOC(N)=O)N1CCC(Oc2ccc3c(c2)C(=O)N(C2CCC(=O)NC2=O)C3=O)CC1. The molecule has 38 heavy (non-hydrogen) atoms. The lowest BCUT2D eigenvalue weighted by Crippen LogP contribution is -2.54. The van der Waals surface area contributed by atoms with Crippen LogP contribution in [0.4, 0.5) is 4.79 Å². The van der Waals surface area contributed by atoms with Crippen molar-refractivity contribution in [3.63, 3.8) is 0 Å². The molecule has 0 aromatic heterocycles. The van der Waals surface area contributed by atoms with E-state index in [1.165, 1.54) is 0 Å². The number of carbonyl (C=O) groups is 5. The lowest BCUT2D eigenvalue weighted by atomic mass is 9.82. The predicted octanol–water partition coefficient (Wildman–Crippen LogP) is 2.22. The van der Waals surface area contributed by atoms with E-state index in [1.54, 1.807) is 18.2 Å². The van der Waals surface area contributed by atoms with Crippen LogP contribution in [0.3, 0.4) is 0 Å². The average molecular weight is 529 g/mol. The Labute approximate surface area is 222 Å². The molecule has 11 heteroatoms. The van der Waals surface area contributed by atoms with Gasteiger partial charge in [-0.25, -0.2) is 4.79 Å². The zero-order valence-corrected chi connectivity index (χ0v) is 22.2. The maximum Gasteiger partial charge on any atom is 0.404 e. The van der Waals surface area contributed by atoms with E-state index < -0.39 is 35.8 Å². The molecule has 1 aromatic rings. The molecule has 3 heterocycles. The molecule has 0 spiro atoms. The van der Waals surface area contributed by atoms with Crippen LogP contribution in [0.25, 0.3) is 0 Å². The van der Waals surface area contributed by atoms with Gasteiger partial charge in [-0.05, 0) is 55.7 Å². The number of piperidine rings is 2. The second kappa shape index (κ2) is 11.1. The highest BCUT2D eigenvalue weighted by atomic mass is 16.5. The third-order valence-electron chi connectivity index (χ3n) is 7.50. The van der Waals surface area contributed by atoms with Crippen LogP contribution in [0.2, 0.25) is 0 Å². The quantitative estimate of drug-likeness (QED) is 0.385. The molecule has 0 radical (unpaired) electrons. The monoisotopic (exact) mass is 528 g/mol. The van der Waals surface area contributed by atoms with Gasteiger partial charge in [0.2, 0.25) is 11.8 Å². The van der Waals surface area contributed by atoms with Gasteiger partial charge in [0.1, 0.15) is 17.9 Å². The van der Waals surface area contributed by atoms with E-state index in [4.69, 9.17) is 15.2 Å². The van der Waals surface area contributed by atoms with Gasteiger partial charge >= 0.3 is 6.09 Å². The molecule has 3 N–H and O–H groups in total. The van der Waals surface area contributed by atoms with Gasteiger partial charge in [0.05, 0.1) is 17.7 Å². The van der Waals surface area contributed by atoms with Gasteiger partial charge in [-0.15, -0.1) is 0 Å². The molecule has 2 atom stereocenters. The fourth-order valence-electron chi connectivity index (χ4n) is 5.63. The topological polar surface area (TPSA) is 148 Å². The number of imide groups is 2. The van der Waals surface area contributed by atoms with Crippen LogP contribution in [-0.2, 0) is 14.3 Å². The van der Waals surface area contributed by atoms with Crippen LogP contribution >= 0.6 is 0 Å². The summed E-state index contributed by atoms with van der Waals surface area (Å²) in [5.74, 6) is -1.62. The zero-order chi connectivity index (χ0) is 27.6. The molecule has 2 fully saturated rings. The van der Waals surface area contributed by atoms with Gasteiger partial charge in [0, 0.05) is 25.6 Å². The largest absolute Gasteiger partial charge is 0.490 e. The van der Waals surface area contributed by atoms with Crippen LogP contribution in [0.1, 0.15) is 80.0 Å². The molecule has 0 saturated carbocycles. The van der Waals surface area contributed by atoms with Gasteiger partial charge in [0.15, 0.2) is 0 Å². The number of nitrogens with two attached hydrogens (primary N) is 1. The van der Waals surface area contributed by atoms with Crippen molar-refractivity contribution in [3.05, 3.63) is 29.3 Å². The Morgan fingerprint density at radius 3 is 2.39 bits per heavy atom. The predicted molar refractivity (Wildman–Crippen MR) is 136 cm³/mol. The van der Waals surface area contributed by atoms with Crippen LogP contribution in [0, 0.1) is 5.41 Å². The first-order valence-electron chi connectivity index (χ1n) is 13.1. The minimum Gasteiger partial charge on any atom is -0.490 e. The van der Waals surface area contributed by atoms with Crippen LogP contribution in [-0.4, -0.2) is 77.4 Å². The first kappa shape index (κ1) is 27.6. The third-order valence-corrected chi connectivity index (χ3v) is 7.50. The van der Waals surface area contributed by atoms with E-state index in [0.717, 1.165) is 43.7 Å². The summed E-state index contributed by atoms with van der Waals surface area (Å²) in [6.07, 6.45) is 2.62. The first-order valence-corrected chi connectivity index (χ1v) is 13.1. The standard InChI is InChI=1S/C27H36N4O7/c1-27(2,3)21(5-4-14-37-26(28)36)30-12-10-16(11-13-30)38-17-6-7-18-19(15-17)25(35)31(24(18)34)20-8-9-22(32)29-23(20)33/h6-7,15-16,20-21H,4-5,8-14H2,1-3H3,(H2,28,36)(H,29,32,33). The van der Waals surface area contributed by atoms with Crippen molar-refractivity contribution in [1.29, 1.82) is 0 Å². The van der Waals surface area contributed by atoms with E-state index >= 15 is 0 Å². The number of carbonyl (C=O) groups excluding carboxylic acids is 5. The molecule has 206 valence electrons. The van der Waals surface area contributed by atoms with Gasteiger partial charge in [0.25, 0.3) is 11.8 Å². The van der Waals surface area contributed by atoms with E-state index in [1.807, 2.05) is 0 Å². The Morgan fingerprint density at radius 1 is 1.08 bits per heavy atom. The number of benzene rings is 1. The highest BCUT2D eigenvalue weighted by molar-refractivity contribution is 6.23. The Bertz CT molecular complexity index is 1120. The molecular weight excluding hydrogens is 492 g/mol. The molecule has 4 rings (SSSR count). The highest BCUT2D eigenvalue weighted by Gasteiger charge is 2.45. The summed E-state index contributed by atoms with van der Waals surface area (Å²) in [5.41, 5.74) is 5.55. The lowest BCUT2D eigenvalue weighted by Gasteiger charge is -2.43. The fourth-order valence-corrected chi connectivity index (χ4v) is 5.63. The van der Waals surface area contributed by atoms with Gasteiger partial charge < -0.3 is 15.2 Å². The number of nitrogens with zero attached hydrogens (tertiary/aromatic N) is 2. The second-order valence-corrected chi connectivity index (χ2v) is 11.2. The van der Waals surface area contributed by atoms with Crippen molar-refractivity contribution in [3.8, 4) is 5.75 Å². The number of nitrogens with one attached hydrogen (secondary N) is 1. The third kappa shape index (κ3) is 5.98. The van der Waals surface area contributed by atoms with E-state index in [2.05, 4.69) is 31.0 Å². The number of primary amides is 1. The minimum atomic E-state index is -0.994. The molecule has 5 amide bonds. The van der Waals surface area contributed by atoms with Crippen molar-refractivity contribution in [2.24, 2.45) is 11.1 Å². The Kier molecular flexibility index (Phi) is 8.05. The lowest BCUT2D eigenvalue weighted by molar-refractivity contribution is -0.136. The average Bonchev–Trinajstić information content (AvgIpc) is 3.08. The van der Waals surface area contributed by atoms with Crippen molar-refractivity contribution in [2.45, 2.75) is 77.5 Å². The number of likely N-dealkylation sites (tertiary alicyclic amines) is 1. The zero-order valence-electron chi connectivity index (χ0n) is 22.2. The number of hydrogen-bond acceptors (Lipinski definition) is 8. The molecule has 2 saturated heterocycles. The minimum absolute atomic E-state index is 0.0402. The molecule has 0 aliphatic carbocycles. The molecule has 0 bridgehead atoms. The van der Waals surface area contributed by atoms with Crippen LogP contribution in [0.5, 0.6) is 5.75 Å². The van der Waals surface area contributed by atoms with Crippen LogP contribution in [0.15, 0.2) is 18.2 Å². The summed E-state index contributed by atoms with van der Waals surface area (Å²) >= 11 is 0. The maximum atomic E-state index is 13.1. The number of amides is 5. The summed E-state index contributed by atoms with van der Waals surface area (Å²) < 4.78 is 11.1. The fraction of sp³-hybridized carbons (Fsp3) is 0.593. The Hall–Kier alpha value is -3.47. The first-order chi connectivity index (χ1) is 18.0. The highest BCUT2D eigenvalue weighted by Crippen LogP contribution is 2.33. The van der Waals surface area contributed by atoms with E-state index in [-0.39, 0.29) is 35.5 Å². The number of rotatable bonds is 8. The molecular formula is C27H36N4O7. The molecule has 3 aliphatic rings. The van der Waals surface area contributed by atoms with Crippen molar-refractivity contribution in [1.82, 2.24) is 15.1 Å². The molecule has 11 nitrogen and oxygen atoms in total. The summed E-state index contributed by atoms with van der Waals surface area (Å²) in [7, 11) is 0. The molecule has 3 aliphatic heterocycles. The number of hydrogen-bond donors (Lipinski definition) is 2. The van der Waals surface area contributed by atoms with Crippen molar-refractivity contribution >= 4 is 29.7 Å². The summed E-state index contributed by atoms with van der Waals surface area (Å²) in [4.78, 5) is 64.0. The summed E-state index contributed by atoms with van der Waals surface area (Å²) in [6.45, 7) is 8.61. The van der Waals surface area contributed by atoms with E-state index in [9.17, 15) is 24.0 Å². The number of fused-ring (bicyclic) bond motifs is 1. The molecule has 1 aromatic carbocycles. The van der Waals surface area contributed by atoms with Gasteiger partial charge in [-0.2, -0.15) is 0 Å². The van der Waals surface area contributed by atoms with Crippen molar-refractivity contribution in [2.75, 3.05) is 19.7 Å². The smallest absolute Gasteiger partial charge is 0.404 e. The van der Waals surface area contributed by atoms with Crippen LogP contribution < -0.4 is 15.8 Å². The maximum absolute atomic E-state index is 13.1. The van der Waals surface area contributed by atoms with Gasteiger partial charge in [-0.1, -0.05) is 20.8 Å². The van der Waals surface area contributed by atoms with Gasteiger partial charge in [-0.3, -0.25) is 34.3 Å². The van der Waals surface area contributed by atoms with E-state index in [0.29, 0.717) is 18.4 Å². The number of ether oxygens (including phenoxy) is 2. The normalized spacial score (nSPS) is 21.8. The van der Waals surface area contributed by atoms with Crippen molar-refractivity contribution < 1.29 is 33.4 Å². The summed E-state index contributed by atoms with van der Waals surface area (Å²) in [5, 5.41) is 2.20. The summed E-state index contributed by atoms with van der Waals surface area (Å²) in [6, 6.07) is 4.13. The Morgan fingerprint density at radius 2 is 1.76 bits per heavy atom. The second-order valence-electron chi connectivity index (χ2n) is 11.2. The Balaban J connectivity index is 1.35.